The van der Waals surface area contributed by atoms with Crippen LogP contribution in [0.4, 0.5) is 5.69 Å². The Morgan fingerprint density at radius 1 is 1.18 bits per heavy atom. The molecule has 1 rings (SSSR count). The van der Waals surface area contributed by atoms with Crippen LogP contribution in [0.1, 0.15) is 20.3 Å². The number of para-hydroxylation sites is 1. The molecular formula is C13H20INO2. The summed E-state index contributed by atoms with van der Waals surface area (Å²) in [4.78, 5) is 0. The number of rotatable bonds is 8. The van der Waals surface area contributed by atoms with Crippen molar-refractivity contribution < 1.29 is 9.47 Å². The Morgan fingerprint density at radius 3 is 2.41 bits per heavy atom. The molecule has 0 spiro atoms. The van der Waals surface area contributed by atoms with Crippen LogP contribution < -0.4 is 5.32 Å². The summed E-state index contributed by atoms with van der Waals surface area (Å²) in [6.45, 7) is 6.20. The Morgan fingerprint density at radius 2 is 1.82 bits per heavy atom. The first-order valence-corrected chi connectivity index (χ1v) is 7.07. The van der Waals surface area contributed by atoms with Gasteiger partial charge in [0.15, 0.2) is 6.29 Å². The number of hydrogen-bond acceptors (Lipinski definition) is 3. The van der Waals surface area contributed by atoms with Gasteiger partial charge in [-0.3, -0.25) is 0 Å². The van der Waals surface area contributed by atoms with Gasteiger partial charge in [0.1, 0.15) is 0 Å². The smallest absolute Gasteiger partial charge is 0.159 e. The van der Waals surface area contributed by atoms with Crippen LogP contribution in [-0.2, 0) is 9.47 Å². The van der Waals surface area contributed by atoms with E-state index in [2.05, 4.69) is 40.0 Å². The third-order valence-corrected chi connectivity index (χ3v) is 3.22. The summed E-state index contributed by atoms with van der Waals surface area (Å²) in [6, 6.07) is 8.24. The number of halogens is 1. The second kappa shape index (κ2) is 8.72. The predicted octanol–water partition coefficient (Wildman–Crippen LogP) is 3.49. The van der Waals surface area contributed by atoms with E-state index < -0.39 is 0 Å². The number of nitrogens with one attached hydrogen (secondary N) is 1. The van der Waals surface area contributed by atoms with Gasteiger partial charge in [-0.25, -0.2) is 0 Å². The summed E-state index contributed by atoms with van der Waals surface area (Å²) in [5.41, 5.74) is 1.17. The lowest BCUT2D eigenvalue weighted by molar-refractivity contribution is -0.137. The van der Waals surface area contributed by atoms with E-state index in [1.54, 1.807) is 0 Å². The Labute approximate surface area is 117 Å². The van der Waals surface area contributed by atoms with Crippen LogP contribution in [0.3, 0.4) is 0 Å². The minimum atomic E-state index is -0.0983. The molecule has 0 saturated heterocycles. The molecule has 3 nitrogen and oxygen atoms in total. The van der Waals surface area contributed by atoms with Gasteiger partial charge < -0.3 is 14.8 Å². The van der Waals surface area contributed by atoms with Gasteiger partial charge in [-0.15, -0.1) is 0 Å². The molecule has 1 aromatic rings. The summed E-state index contributed by atoms with van der Waals surface area (Å²) in [7, 11) is 0. The molecule has 0 aliphatic rings. The fourth-order valence-electron chi connectivity index (χ4n) is 1.52. The summed E-state index contributed by atoms with van der Waals surface area (Å²) >= 11 is 2.33. The predicted molar refractivity (Wildman–Crippen MR) is 79.3 cm³/mol. The van der Waals surface area contributed by atoms with Gasteiger partial charge >= 0.3 is 0 Å². The molecule has 0 unspecified atom stereocenters. The van der Waals surface area contributed by atoms with Gasteiger partial charge in [-0.1, -0.05) is 12.1 Å². The largest absolute Gasteiger partial charge is 0.384 e. The van der Waals surface area contributed by atoms with Crippen molar-refractivity contribution in [3.8, 4) is 0 Å². The molecule has 1 aromatic carbocycles. The highest BCUT2D eigenvalue weighted by Crippen LogP contribution is 2.17. The Balaban J connectivity index is 2.33. The quantitative estimate of drug-likeness (QED) is 0.576. The summed E-state index contributed by atoms with van der Waals surface area (Å²) in [5.74, 6) is 0. The molecule has 0 amide bonds. The second-order valence-electron chi connectivity index (χ2n) is 3.54. The number of anilines is 1. The number of ether oxygens (including phenoxy) is 2. The van der Waals surface area contributed by atoms with Crippen molar-refractivity contribution in [2.75, 3.05) is 25.1 Å². The van der Waals surface area contributed by atoms with E-state index in [9.17, 15) is 0 Å². The van der Waals surface area contributed by atoms with Crippen LogP contribution in [0.15, 0.2) is 24.3 Å². The fraction of sp³-hybridized carbons (Fsp3) is 0.538. The Hall–Kier alpha value is -0.330. The maximum absolute atomic E-state index is 5.49. The molecule has 0 aliphatic carbocycles. The average molecular weight is 349 g/mol. The van der Waals surface area contributed by atoms with E-state index in [-0.39, 0.29) is 6.29 Å². The van der Waals surface area contributed by atoms with Crippen molar-refractivity contribution >= 4 is 28.3 Å². The zero-order chi connectivity index (χ0) is 12.5. The van der Waals surface area contributed by atoms with Gasteiger partial charge in [0, 0.05) is 35.4 Å². The van der Waals surface area contributed by atoms with Gasteiger partial charge in [-0.05, 0) is 48.6 Å². The molecule has 0 bridgehead atoms. The molecule has 0 heterocycles. The van der Waals surface area contributed by atoms with Crippen LogP contribution >= 0.6 is 22.6 Å². The van der Waals surface area contributed by atoms with Crippen molar-refractivity contribution in [3.63, 3.8) is 0 Å². The van der Waals surface area contributed by atoms with Crippen LogP contribution in [0.2, 0.25) is 0 Å². The molecule has 4 heteroatoms. The van der Waals surface area contributed by atoms with Gasteiger partial charge in [0.25, 0.3) is 0 Å². The first-order chi connectivity index (χ1) is 8.27. The lowest BCUT2D eigenvalue weighted by Crippen LogP contribution is -2.21. The molecule has 0 radical (unpaired) electrons. The van der Waals surface area contributed by atoms with Gasteiger partial charge in [0.2, 0.25) is 0 Å². The molecule has 0 fully saturated rings. The van der Waals surface area contributed by atoms with E-state index in [0.717, 1.165) is 13.0 Å². The normalized spacial score (nSPS) is 10.8. The summed E-state index contributed by atoms with van der Waals surface area (Å²) in [5, 5.41) is 3.39. The van der Waals surface area contributed by atoms with Crippen molar-refractivity contribution in [2.45, 2.75) is 26.6 Å². The molecule has 0 aliphatic heterocycles. The van der Waals surface area contributed by atoms with E-state index in [4.69, 9.17) is 9.47 Å². The highest BCUT2D eigenvalue weighted by Gasteiger charge is 2.07. The van der Waals surface area contributed by atoms with Gasteiger partial charge in [0.05, 0.1) is 0 Å². The van der Waals surface area contributed by atoms with Crippen molar-refractivity contribution in [1.29, 1.82) is 0 Å². The average Bonchev–Trinajstić information content (AvgIpc) is 2.32. The molecule has 96 valence electrons. The van der Waals surface area contributed by atoms with Crippen LogP contribution in [-0.4, -0.2) is 26.0 Å². The Bertz CT molecular complexity index is 314. The molecular weight excluding hydrogens is 329 g/mol. The third-order valence-electron chi connectivity index (χ3n) is 2.27. The van der Waals surface area contributed by atoms with Crippen LogP contribution in [0.5, 0.6) is 0 Å². The summed E-state index contributed by atoms with van der Waals surface area (Å²) < 4.78 is 12.2. The molecule has 17 heavy (non-hydrogen) atoms. The lowest BCUT2D eigenvalue weighted by Gasteiger charge is -2.17. The summed E-state index contributed by atoms with van der Waals surface area (Å²) in [6.07, 6.45) is 0.756. The molecule has 0 atom stereocenters. The molecule has 0 aromatic heterocycles. The van der Waals surface area contributed by atoms with E-state index >= 15 is 0 Å². The standard InChI is InChI=1S/C13H20INO2/c1-3-16-13(17-4-2)9-10-15-12-8-6-5-7-11(12)14/h5-8,13,15H,3-4,9-10H2,1-2H3. The van der Waals surface area contributed by atoms with E-state index in [0.29, 0.717) is 13.2 Å². The maximum atomic E-state index is 5.49. The first-order valence-electron chi connectivity index (χ1n) is 5.99. The van der Waals surface area contributed by atoms with E-state index in [1.165, 1.54) is 9.26 Å². The molecule has 0 saturated carbocycles. The maximum Gasteiger partial charge on any atom is 0.159 e. The fourth-order valence-corrected chi connectivity index (χ4v) is 2.09. The first kappa shape index (κ1) is 14.7. The number of benzene rings is 1. The third kappa shape index (κ3) is 5.70. The minimum absolute atomic E-state index is 0.0983. The monoisotopic (exact) mass is 349 g/mol. The zero-order valence-electron chi connectivity index (χ0n) is 10.4. The van der Waals surface area contributed by atoms with Crippen LogP contribution in [0.25, 0.3) is 0 Å². The zero-order valence-corrected chi connectivity index (χ0v) is 12.6. The van der Waals surface area contributed by atoms with Crippen molar-refractivity contribution in [1.82, 2.24) is 0 Å². The van der Waals surface area contributed by atoms with Crippen LogP contribution in [0, 0.1) is 3.57 Å². The second-order valence-corrected chi connectivity index (χ2v) is 4.70. The Kier molecular flexibility index (Phi) is 7.55. The van der Waals surface area contributed by atoms with Gasteiger partial charge in [-0.2, -0.15) is 0 Å². The van der Waals surface area contributed by atoms with Crippen molar-refractivity contribution in [2.24, 2.45) is 0 Å². The lowest BCUT2D eigenvalue weighted by atomic mass is 10.3. The van der Waals surface area contributed by atoms with E-state index in [1.807, 2.05) is 26.0 Å². The molecule has 1 N–H and O–H groups in total. The minimum Gasteiger partial charge on any atom is -0.384 e. The number of hydrogen-bond donors (Lipinski definition) is 1. The highest BCUT2D eigenvalue weighted by atomic mass is 127. The SMILES string of the molecule is CCOC(CCNc1ccccc1I)OCC. The van der Waals surface area contributed by atoms with Crippen molar-refractivity contribution in [3.05, 3.63) is 27.8 Å². The highest BCUT2D eigenvalue weighted by molar-refractivity contribution is 14.1. The topological polar surface area (TPSA) is 30.5 Å².